The number of aromatic nitrogens is 3. The quantitative estimate of drug-likeness (QED) is 0.565. The number of halogens is 1. The first kappa shape index (κ1) is 14.7. The van der Waals surface area contributed by atoms with Crippen LogP contribution < -0.4 is 5.32 Å². The number of hydrogen-bond donors (Lipinski definition) is 1. The van der Waals surface area contributed by atoms with Gasteiger partial charge in [0.15, 0.2) is 0 Å². The van der Waals surface area contributed by atoms with Crippen LogP contribution in [0.4, 0.5) is 11.4 Å². The van der Waals surface area contributed by atoms with Crippen molar-refractivity contribution in [3.63, 3.8) is 0 Å². The fraction of sp³-hybridized carbons (Fsp3) is 0.0526. The van der Waals surface area contributed by atoms with E-state index in [-0.39, 0.29) is 0 Å². The van der Waals surface area contributed by atoms with Crippen molar-refractivity contribution < 1.29 is 0 Å². The summed E-state index contributed by atoms with van der Waals surface area (Å²) in [5.41, 5.74) is 5.12. The number of nitrogens with zero attached hydrogens (tertiary/aromatic N) is 3. The fourth-order valence-electron chi connectivity index (χ4n) is 2.78. The molecule has 0 spiro atoms. The first-order chi connectivity index (χ1) is 11.7. The van der Waals surface area contributed by atoms with Crippen molar-refractivity contribution in [2.45, 2.75) is 6.92 Å². The van der Waals surface area contributed by atoms with Gasteiger partial charge in [-0.1, -0.05) is 11.6 Å². The average Bonchev–Trinajstić information content (AvgIpc) is 3.09. The number of benzene rings is 2. The van der Waals surface area contributed by atoms with Crippen LogP contribution in [0.15, 0.2) is 67.4 Å². The molecular weight excluding hydrogens is 320 g/mol. The highest BCUT2D eigenvalue weighted by atomic mass is 35.5. The van der Waals surface area contributed by atoms with Gasteiger partial charge in [0.1, 0.15) is 0 Å². The maximum Gasteiger partial charge on any atom is 0.0991 e. The summed E-state index contributed by atoms with van der Waals surface area (Å²) < 4.78 is 1.99. The van der Waals surface area contributed by atoms with Gasteiger partial charge in [0, 0.05) is 46.1 Å². The van der Waals surface area contributed by atoms with E-state index in [4.69, 9.17) is 11.6 Å². The number of aryl methyl sites for hydroxylation is 1. The second-order valence-electron chi connectivity index (χ2n) is 5.67. The van der Waals surface area contributed by atoms with E-state index in [1.165, 1.54) is 5.56 Å². The summed E-state index contributed by atoms with van der Waals surface area (Å²) in [5.74, 6) is 0. The second kappa shape index (κ2) is 5.98. The van der Waals surface area contributed by atoms with Crippen molar-refractivity contribution in [2.24, 2.45) is 0 Å². The Kier molecular flexibility index (Phi) is 3.67. The standard InChI is InChI=1S/C19H15ClN4/c1-13-8-15(11-16(9-13)24-7-6-21-12-24)23-19-4-5-22-18-3-2-14(20)10-17(18)19/h2-12H,1H3,(H,22,23). The maximum absolute atomic E-state index is 6.15. The molecular formula is C19H15ClN4. The van der Waals surface area contributed by atoms with E-state index in [0.29, 0.717) is 5.02 Å². The predicted molar refractivity (Wildman–Crippen MR) is 98.3 cm³/mol. The molecule has 0 aliphatic rings. The minimum Gasteiger partial charge on any atom is -0.355 e. The Morgan fingerprint density at radius 2 is 1.96 bits per heavy atom. The van der Waals surface area contributed by atoms with E-state index in [1.54, 1.807) is 18.7 Å². The predicted octanol–water partition coefficient (Wildman–Crippen LogP) is 5.13. The van der Waals surface area contributed by atoms with Crippen LogP contribution in [-0.2, 0) is 0 Å². The maximum atomic E-state index is 6.15. The molecule has 4 rings (SSSR count). The Balaban J connectivity index is 1.77. The molecule has 1 N–H and O–H groups in total. The molecule has 0 saturated carbocycles. The van der Waals surface area contributed by atoms with Crippen molar-refractivity contribution in [1.82, 2.24) is 14.5 Å². The molecule has 0 aliphatic heterocycles. The van der Waals surface area contributed by atoms with Gasteiger partial charge < -0.3 is 9.88 Å². The zero-order valence-corrected chi connectivity index (χ0v) is 13.8. The molecule has 4 nitrogen and oxygen atoms in total. The van der Waals surface area contributed by atoms with Gasteiger partial charge in [-0.25, -0.2) is 4.98 Å². The molecule has 0 fully saturated rings. The average molecular weight is 335 g/mol. The van der Waals surface area contributed by atoms with Crippen LogP contribution in [0.1, 0.15) is 5.56 Å². The lowest BCUT2D eigenvalue weighted by Gasteiger charge is -2.12. The molecule has 118 valence electrons. The largest absolute Gasteiger partial charge is 0.355 e. The summed E-state index contributed by atoms with van der Waals surface area (Å²) >= 11 is 6.15. The first-order valence-corrected chi connectivity index (χ1v) is 7.98. The Labute approximate surface area is 144 Å². The molecule has 24 heavy (non-hydrogen) atoms. The number of imidazole rings is 1. The van der Waals surface area contributed by atoms with Crippen LogP contribution in [0.2, 0.25) is 5.02 Å². The smallest absolute Gasteiger partial charge is 0.0991 e. The Morgan fingerprint density at radius 1 is 1.04 bits per heavy atom. The van der Waals surface area contributed by atoms with E-state index in [1.807, 2.05) is 35.0 Å². The van der Waals surface area contributed by atoms with Crippen LogP contribution >= 0.6 is 11.6 Å². The molecule has 2 aromatic heterocycles. The third-order valence-electron chi connectivity index (χ3n) is 3.85. The SMILES string of the molecule is Cc1cc(Nc2ccnc3ccc(Cl)cc23)cc(-n2ccnc2)c1. The van der Waals surface area contributed by atoms with Gasteiger partial charge in [-0.3, -0.25) is 4.98 Å². The lowest BCUT2D eigenvalue weighted by atomic mass is 10.1. The van der Waals surface area contributed by atoms with Gasteiger partial charge in [-0.2, -0.15) is 0 Å². The van der Waals surface area contributed by atoms with Gasteiger partial charge in [0.25, 0.3) is 0 Å². The Morgan fingerprint density at radius 3 is 2.79 bits per heavy atom. The van der Waals surface area contributed by atoms with Crippen LogP contribution in [0.5, 0.6) is 0 Å². The molecule has 0 bridgehead atoms. The van der Waals surface area contributed by atoms with Crippen LogP contribution in [0.3, 0.4) is 0 Å². The molecule has 0 unspecified atom stereocenters. The topological polar surface area (TPSA) is 42.7 Å². The molecule has 0 saturated heterocycles. The van der Waals surface area contributed by atoms with Gasteiger partial charge in [-0.15, -0.1) is 0 Å². The Bertz CT molecular complexity index is 1010. The molecule has 2 heterocycles. The van der Waals surface area contributed by atoms with Gasteiger partial charge in [0.05, 0.1) is 11.8 Å². The van der Waals surface area contributed by atoms with Crippen molar-refractivity contribution in [1.29, 1.82) is 0 Å². The van der Waals surface area contributed by atoms with Crippen LogP contribution in [-0.4, -0.2) is 14.5 Å². The van der Waals surface area contributed by atoms with Gasteiger partial charge in [0.2, 0.25) is 0 Å². The monoisotopic (exact) mass is 334 g/mol. The third-order valence-corrected chi connectivity index (χ3v) is 4.08. The highest BCUT2D eigenvalue weighted by molar-refractivity contribution is 6.31. The lowest BCUT2D eigenvalue weighted by molar-refractivity contribution is 1.05. The first-order valence-electron chi connectivity index (χ1n) is 7.60. The normalized spacial score (nSPS) is 10.9. The molecule has 5 heteroatoms. The van der Waals surface area contributed by atoms with Crippen LogP contribution in [0, 0.1) is 6.92 Å². The summed E-state index contributed by atoms with van der Waals surface area (Å²) in [6, 6.07) is 14.0. The second-order valence-corrected chi connectivity index (χ2v) is 6.11. The number of rotatable bonds is 3. The lowest BCUT2D eigenvalue weighted by Crippen LogP contribution is -1.97. The molecule has 0 radical (unpaired) electrons. The zero-order valence-electron chi connectivity index (χ0n) is 13.1. The zero-order chi connectivity index (χ0) is 16.5. The number of pyridine rings is 1. The summed E-state index contributed by atoms with van der Waals surface area (Å²) in [6.45, 7) is 2.08. The molecule has 0 atom stereocenters. The number of anilines is 2. The number of fused-ring (bicyclic) bond motifs is 1. The number of hydrogen-bond acceptors (Lipinski definition) is 3. The van der Waals surface area contributed by atoms with Gasteiger partial charge in [-0.05, 0) is 55.0 Å². The summed E-state index contributed by atoms with van der Waals surface area (Å²) in [4.78, 5) is 8.50. The van der Waals surface area contributed by atoms with E-state index in [9.17, 15) is 0 Å². The van der Waals surface area contributed by atoms with Crippen molar-refractivity contribution in [3.8, 4) is 5.69 Å². The Hall–Kier alpha value is -2.85. The van der Waals surface area contributed by atoms with Gasteiger partial charge >= 0.3 is 0 Å². The van der Waals surface area contributed by atoms with E-state index in [0.717, 1.165) is 28.0 Å². The third kappa shape index (κ3) is 2.84. The van der Waals surface area contributed by atoms with Crippen molar-refractivity contribution >= 4 is 33.9 Å². The summed E-state index contributed by atoms with van der Waals surface area (Å²) in [7, 11) is 0. The highest BCUT2D eigenvalue weighted by Crippen LogP contribution is 2.28. The van der Waals surface area contributed by atoms with E-state index < -0.39 is 0 Å². The highest BCUT2D eigenvalue weighted by Gasteiger charge is 2.06. The summed E-state index contributed by atoms with van der Waals surface area (Å²) in [5, 5.41) is 5.18. The van der Waals surface area contributed by atoms with Crippen LogP contribution in [0.25, 0.3) is 16.6 Å². The number of nitrogens with one attached hydrogen (secondary N) is 1. The van der Waals surface area contributed by atoms with E-state index in [2.05, 4.69) is 40.4 Å². The summed E-state index contributed by atoms with van der Waals surface area (Å²) in [6.07, 6.45) is 7.29. The molecule has 0 aliphatic carbocycles. The minimum atomic E-state index is 0.696. The molecule has 4 aromatic rings. The fourth-order valence-corrected chi connectivity index (χ4v) is 2.95. The van der Waals surface area contributed by atoms with E-state index >= 15 is 0 Å². The molecule has 0 amide bonds. The molecule has 2 aromatic carbocycles. The van der Waals surface area contributed by atoms with Crippen molar-refractivity contribution in [2.75, 3.05) is 5.32 Å². The van der Waals surface area contributed by atoms with Crippen molar-refractivity contribution in [3.05, 3.63) is 78.0 Å². The minimum absolute atomic E-state index is 0.696.